The standard InChI is InChI=1S/C20H18F2N2O2S/c1-12-4-3-5-14(8-12)23-18(25)10-19-24-16(11-27-19)15-9-13(2)6-7-17(15)26-20(21)22/h3-9,11,20H,10H2,1-2H3,(H,23,25). The van der Waals surface area contributed by atoms with E-state index in [1.807, 2.05) is 38.1 Å². The van der Waals surface area contributed by atoms with Gasteiger partial charge >= 0.3 is 6.61 Å². The molecule has 7 heteroatoms. The first-order valence-electron chi connectivity index (χ1n) is 8.27. The lowest BCUT2D eigenvalue weighted by Gasteiger charge is -2.10. The molecular weight excluding hydrogens is 370 g/mol. The highest BCUT2D eigenvalue weighted by atomic mass is 32.1. The molecule has 0 atom stereocenters. The number of hydrogen-bond donors (Lipinski definition) is 1. The molecular formula is C20H18F2N2O2S. The van der Waals surface area contributed by atoms with Crippen LogP contribution in [0, 0.1) is 13.8 Å². The molecule has 1 N–H and O–H groups in total. The number of nitrogens with zero attached hydrogens (tertiary/aromatic N) is 1. The number of carbonyl (C=O) groups excluding carboxylic acids is 1. The molecule has 0 bridgehead atoms. The fraction of sp³-hybridized carbons (Fsp3) is 0.200. The Labute approximate surface area is 159 Å². The van der Waals surface area contributed by atoms with Crippen LogP contribution < -0.4 is 10.1 Å². The van der Waals surface area contributed by atoms with Crippen LogP contribution in [0.4, 0.5) is 14.5 Å². The first kappa shape index (κ1) is 19.0. The fourth-order valence-electron chi connectivity index (χ4n) is 2.62. The van der Waals surface area contributed by atoms with Gasteiger partial charge in [-0.25, -0.2) is 4.98 Å². The maximum atomic E-state index is 12.6. The molecule has 0 unspecified atom stereocenters. The van der Waals surface area contributed by atoms with E-state index in [0.717, 1.165) is 16.8 Å². The second kappa shape index (κ2) is 8.26. The highest BCUT2D eigenvalue weighted by Crippen LogP contribution is 2.33. The topological polar surface area (TPSA) is 51.2 Å². The number of alkyl halides is 2. The number of nitrogens with one attached hydrogen (secondary N) is 1. The zero-order valence-electron chi connectivity index (χ0n) is 14.8. The van der Waals surface area contributed by atoms with Crippen molar-refractivity contribution in [2.75, 3.05) is 5.32 Å². The van der Waals surface area contributed by atoms with Gasteiger partial charge in [-0.2, -0.15) is 8.78 Å². The van der Waals surface area contributed by atoms with Crippen LogP contribution in [-0.4, -0.2) is 17.5 Å². The summed E-state index contributed by atoms with van der Waals surface area (Å²) in [6, 6.07) is 12.5. The van der Waals surface area contributed by atoms with Crippen molar-refractivity contribution in [2.24, 2.45) is 0 Å². The molecule has 0 fully saturated rings. The molecule has 3 aromatic rings. The van der Waals surface area contributed by atoms with Crippen molar-refractivity contribution >= 4 is 22.9 Å². The van der Waals surface area contributed by atoms with E-state index in [1.54, 1.807) is 17.5 Å². The van der Waals surface area contributed by atoms with Crippen molar-refractivity contribution in [3.8, 4) is 17.0 Å². The average Bonchev–Trinajstić information content (AvgIpc) is 3.04. The van der Waals surface area contributed by atoms with E-state index in [9.17, 15) is 13.6 Å². The van der Waals surface area contributed by atoms with Gasteiger partial charge in [-0.05, 0) is 43.7 Å². The van der Waals surface area contributed by atoms with E-state index in [1.165, 1.54) is 17.4 Å². The zero-order chi connectivity index (χ0) is 19.4. The first-order valence-corrected chi connectivity index (χ1v) is 9.15. The number of aryl methyl sites for hydroxylation is 2. The first-order chi connectivity index (χ1) is 12.9. The van der Waals surface area contributed by atoms with E-state index in [4.69, 9.17) is 0 Å². The molecule has 0 aliphatic heterocycles. The molecule has 0 aliphatic rings. The summed E-state index contributed by atoms with van der Waals surface area (Å²) in [6.07, 6.45) is 0.107. The largest absolute Gasteiger partial charge is 0.434 e. The zero-order valence-corrected chi connectivity index (χ0v) is 15.6. The molecule has 1 heterocycles. The van der Waals surface area contributed by atoms with E-state index in [0.29, 0.717) is 16.3 Å². The third kappa shape index (κ3) is 5.10. The molecule has 0 aliphatic carbocycles. The predicted molar refractivity (Wildman–Crippen MR) is 102 cm³/mol. The monoisotopic (exact) mass is 388 g/mol. The molecule has 4 nitrogen and oxygen atoms in total. The highest BCUT2D eigenvalue weighted by molar-refractivity contribution is 7.10. The van der Waals surface area contributed by atoms with Crippen LogP contribution in [-0.2, 0) is 11.2 Å². The number of anilines is 1. The number of aromatic nitrogens is 1. The third-order valence-electron chi connectivity index (χ3n) is 3.79. The van der Waals surface area contributed by atoms with Crippen LogP contribution >= 0.6 is 11.3 Å². The van der Waals surface area contributed by atoms with Gasteiger partial charge in [-0.1, -0.05) is 23.8 Å². The fourth-order valence-corrected chi connectivity index (χ4v) is 3.42. The van der Waals surface area contributed by atoms with Crippen molar-refractivity contribution < 1.29 is 18.3 Å². The third-order valence-corrected chi connectivity index (χ3v) is 4.64. The van der Waals surface area contributed by atoms with Gasteiger partial charge in [0.1, 0.15) is 10.8 Å². The van der Waals surface area contributed by atoms with Crippen molar-refractivity contribution in [1.29, 1.82) is 0 Å². The second-order valence-electron chi connectivity index (χ2n) is 6.10. The van der Waals surface area contributed by atoms with Gasteiger partial charge in [0.2, 0.25) is 5.91 Å². The van der Waals surface area contributed by atoms with Crippen LogP contribution in [0.25, 0.3) is 11.3 Å². The minimum atomic E-state index is -2.91. The minimum absolute atomic E-state index is 0.0664. The summed E-state index contributed by atoms with van der Waals surface area (Å²) < 4.78 is 29.9. The maximum Gasteiger partial charge on any atom is 0.387 e. The predicted octanol–water partition coefficient (Wildman–Crippen LogP) is 5.21. The quantitative estimate of drug-likeness (QED) is 0.631. The molecule has 0 spiro atoms. The number of hydrogen-bond acceptors (Lipinski definition) is 4. The Morgan fingerprint density at radius 2 is 1.96 bits per heavy atom. The van der Waals surface area contributed by atoms with Crippen LogP contribution in [0.3, 0.4) is 0 Å². The number of rotatable bonds is 6. The molecule has 2 aromatic carbocycles. The lowest BCUT2D eigenvalue weighted by atomic mass is 10.1. The van der Waals surface area contributed by atoms with Gasteiger partial charge < -0.3 is 10.1 Å². The molecule has 0 saturated carbocycles. The van der Waals surface area contributed by atoms with E-state index in [-0.39, 0.29) is 18.1 Å². The summed E-state index contributed by atoms with van der Waals surface area (Å²) in [5, 5.41) is 5.17. The van der Waals surface area contributed by atoms with Crippen molar-refractivity contribution in [3.63, 3.8) is 0 Å². The number of amides is 1. The molecule has 0 saturated heterocycles. The Morgan fingerprint density at radius 3 is 2.70 bits per heavy atom. The summed E-state index contributed by atoms with van der Waals surface area (Å²) in [4.78, 5) is 16.7. The summed E-state index contributed by atoms with van der Waals surface area (Å²) in [5.74, 6) is -0.119. The number of thiazole rings is 1. The Balaban J connectivity index is 1.75. The van der Waals surface area contributed by atoms with Gasteiger partial charge in [-0.3, -0.25) is 4.79 Å². The van der Waals surface area contributed by atoms with Crippen LogP contribution in [0.2, 0.25) is 0 Å². The molecule has 1 aromatic heterocycles. The second-order valence-corrected chi connectivity index (χ2v) is 7.04. The molecule has 1 amide bonds. The van der Waals surface area contributed by atoms with Gasteiger partial charge in [0.05, 0.1) is 12.1 Å². The van der Waals surface area contributed by atoms with Gasteiger partial charge in [0.25, 0.3) is 0 Å². The minimum Gasteiger partial charge on any atom is -0.434 e. The SMILES string of the molecule is Cc1cccc(NC(=O)Cc2nc(-c3cc(C)ccc3OC(F)F)cs2)c1. The molecule has 140 valence electrons. The molecule has 0 radical (unpaired) electrons. The summed E-state index contributed by atoms with van der Waals surface area (Å²) >= 11 is 1.30. The van der Waals surface area contributed by atoms with Gasteiger partial charge in [-0.15, -0.1) is 11.3 Å². The lowest BCUT2D eigenvalue weighted by Crippen LogP contribution is -2.14. The normalized spacial score (nSPS) is 10.9. The number of benzene rings is 2. The van der Waals surface area contributed by atoms with Gasteiger partial charge in [0, 0.05) is 16.6 Å². The van der Waals surface area contributed by atoms with Crippen LogP contribution in [0.15, 0.2) is 47.8 Å². The van der Waals surface area contributed by atoms with Crippen LogP contribution in [0.5, 0.6) is 5.75 Å². The van der Waals surface area contributed by atoms with E-state index >= 15 is 0 Å². The number of halogens is 2. The van der Waals surface area contributed by atoms with Crippen LogP contribution in [0.1, 0.15) is 16.1 Å². The maximum absolute atomic E-state index is 12.6. The Hall–Kier alpha value is -2.80. The van der Waals surface area contributed by atoms with Crippen molar-refractivity contribution in [3.05, 3.63) is 64.0 Å². The summed E-state index contributed by atoms with van der Waals surface area (Å²) in [7, 11) is 0. The Morgan fingerprint density at radius 1 is 1.19 bits per heavy atom. The Bertz CT molecular complexity index is 957. The van der Waals surface area contributed by atoms with Crippen molar-refractivity contribution in [2.45, 2.75) is 26.9 Å². The van der Waals surface area contributed by atoms with Crippen molar-refractivity contribution in [1.82, 2.24) is 4.98 Å². The lowest BCUT2D eigenvalue weighted by molar-refractivity contribution is -0.115. The van der Waals surface area contributed by atoms with E-state index in [2.05, 4.69) is 15.0 Å². The van der Waals surface area contributed by atoms with Gasteiger partial charge in [0.15, 0.2) is 0 Å². The highest BCUT2D eigenvalue weighted by Gasteiger charge is 2.15. The number of carbonyl (C=O) groups is 1. The summed E-state index contributed by atoms with van der Waals surface area (Å²) in [6.45, 7) is 0.895. The Kier molecular flexibility index (Phi) is 5.81. The molecule has 27 heavy (non-hydrogen) atoms. The summed E-state index contributed by atoms with van der Waals surface area (Å²) in [5.41, 5.74) is 3.67. The molecule has 3 rings (SSSR count). The van der Waals surface area contributed by atoms with E-state index < -0.39 is 6.61 Å². The number of ether oxygens (including phenoxy) is 1. The average molecular weight is 388 g/mol. The smallest absolute Gasteiger partial charge is 0.387 e.